The van der Waals surface area contributed by atoms with E-state index in [2.05, 4.69) is 84.3 Å². The van der Waals surface area contributed by atoms with E-state index < -0.39 is 0 Å². The molecule has 0 atom stereocenters. The average Bonchev–Trinajstić information content (AvgIpc) is 2.81. The van der Waals surface area contributed by atoms with E-state index in [0.717, 1.165) is 30.6 Å². The molecular weight excluding hydrogens is 378 g/mol. The number of para-hydroxylation sites is 2. The summed E-state index contributed by atoms with van der Waals surface area (Å²) >= 11 is 0. The minimum Gasteiger partial charge on any atom is -0.311 e. The summed E-state index contributed by atoms with van der Waals surface area (Å²) in [4.78, 5) is 13.9. The minimum atomic E-state index is 0.208. The highest BCUT2D eigenvalue weighted by Crippen LogP contribution is 2.34. The molecule has 2 heteroatoms. The molecule has 0 saturated carbocycles. The highest BCUT2D eigenvalue weighted by atomic mass is 16.1. The maximum absolute atomic E-state index is 11.6. The molecule has 160 valence electrons. The Morgan fingerprint density at radius 3 is 1.71 bits per heavy atom. The number of hydrogen-bond donors (Lipinski definition) is 0. The Morgan fingerprint density at radius 2 is 1.16 bits per heavy atom. The van der Waals surface area contributed by atoms with Gasteiger partial charge in [0.05, 0.1) is 0 Å². The second-order valence-corrected chi connectivity index (χ2v) is 8.14. The summed E-state index contributed by atoms with van der Waals surface area (Å²) in [7, 11) is 0. The number of nitrogens with zero attached hydrogens (tertiary/aromatic N) is 1. The molecule has 3 aromatic rings. The molecule has 3 rings (SSSR count). The van der Waals surface area contributed by atoms with Gasteiger partial charge in [0.1, 0.15) is 0 Å². The van der Waals surface area contributed by atoms with E-state index >= 15 is 0 Å². The molecule has 3 aromatic carbocycles. The van der Waals surface area contributed by atoms with Gasteiger partial charge >= 0.3 is 0 Å². The van der Waals surface area contributed by atoms with Crippen molar-refractivity contribution >= 4 is 22.8 Å². The molecule has 31 heavy (non-hydrogen) atoms. The van der Waals surface area contributed by atoms with Crippen LogP contribution in [0.25, 0.3) is 0 Å². The van der Waals surface area contributed by atoms with Crippen molar-refractivity contribution in [2.24, 2.45) is 0 Å². The summed E-state index contributed by atoms with van der Waals surface area (Å²) in [6, 6.07) is 29.9. The first-order valence-corrected chi connectivity index (χ1v) is 11.3. The van der Waals surface area contributed by atoms with Crippen LogP contribution < -0.4 is 4.90 Å². The van der Waals surface area contributed by atoms with E-state index in [1.807, 2.05) is 12.1 Å². The van der Waals surface area contributed by atoms with Crippen molar-refractivity contribution in [3.8, 4) is 0 Å². The van der Waals surface area contributed by atoms with E-state index in [-0.39, 0.29) is 5.78 Å². The number of carbonyl (C=O) groups excluding carboxylic acids is 1. The molecule has 0 N–H and O–H groups in total. The summed E-state index contributed by atoms with van der Waals surface area (Å²) in [5, 5.41) is 0. The number of ketones is 1. The lowest BCUT2D eigenvalue weighted by molar-refractivity contribution is -0.115. The van der Waals surface area contributed by atoms with Gasteiger partial charge in [0.2, 0.25) is 0 Å². The van der Waals surface area contributed by atoms with Gasteiger partial charge in [0, 0.05) is 23.5 Å². The molecule has 2 nitrogen and oxygen atoms in total. The molecular formula is C29H33NO. The highest BCUT2D eigenvalue weighted by molar-refractivity contribution is 5.93. The van der Waals surface area contributed by atoms with Crippen molar-refractivity contribution in [1.82, 2.24) is 0 Å². The molecule has 0 fully saturated rings. The van der Waals surface area contributed by atoms with Crippen LogP contribution in [0.4, 0.5) is 17.1 Å². The Balaban J connectivity index is 1.53. The van der Waals surface area contributed by atoms with Gasteiger partial charge in [0.25, 0.3) is 0 Å². The predicted octanol–water partition coefficient (Wildman–Crippen LogP) is 8.18. The molecule has 0 amide bonds. The topological polar surface area (TPSA) is 20.3 Å². The van der Waals surface area contributed by atoms with Gasteiger partial charge in [-0.15, -0.1) is 0 Å². The fourth-order valence-electron chi connectivity index (χ4n) is 3.77. The van der Waals surface area contributed by atoms with Crippen molar-refractivity contribution in [2.75, 3.05) is 4.90 Å². The van der Waals surface area contributed by atoms with Crippen molar-refractivity contribution < 1.29 is 4.79 Å². The maximum Gasteiger partial charge on any atom is 0.157 e. The Hall–Kier alpha value is -3.13. The van der Waals surface area contributed by atoms with E-state index in [0.29, 0.717) is 12.0 Å². The average molecular weight is 412 g/mol. The smallest absolute Gasteiger partial charge is 0.157 e. The van der Waals surface area contributed by atoms with Gasteiger partial charge < -0.3 is 4.90 Å². The lowest BCUT2D eigenvalue weighted by Gasteiger charge is -2.25. The number of benzene rings is 3. The van der Waals surface area contributed by atoms with Crippen LogP contribution in [-0.4, -0.2) is 5.78 Å². The van der Waals surface area contributed by atoms with Crippen LogP contribution in [-0.2, 0) is 11.2 Å². The van der Waals surface area contributed by atoms with Crippen LogP contribution in [0, 0.1) is 0 Å². The van der Waals surface area contributed by atoms with Crippen LogP contribution in [0.3, 0.4) is 0 Å². The van der Waals surface area contributed by atoms with Gasteiger partial charge in [-0.3, -0.25) is 4.79 Å². The molecule has 0 radical (unpaired) electrons. The fraction of sp³-hybridized carbons (Fsp3) is 0.276. The monoisotopic (exact) mass is 411 g/mol. The van der Waals surface area contributed by atoms with Crippen molar-refractivity contribution in [2.45, 2.75) is 51.9 Å². The van der Waals surface area contributed by atoms with Crippen molar-refractivity contribution in [1.29, 1.82) is 0 Å². The SMILES string of the molecule is C=C(C)C(=O)CCCCCCCc1ccc(N(c2ccccc2)c2ccccc2)cc1. The van der Waals surface area contributed by atoms with Crippen molar-refractivity contribution in [3.05, 3.63) is 103 Å². The second kappa shape index (κ2) is 11.9. The molecule has 0 aliphatic carbocycles. The van der Waals surface area contributed by atoms with Gasteiger partial charge in [-0.25, -0.2) is 0 Å². The number of hydrogen-bond acceptors (Lipinski definition) is 2. The van der Waals surface area contributed by atoms with Gasteiger partial charge in [-0.2, -0.15) is 0 Å². The third-order valence-corrected chi connectivity index (χ3v) is 5.57. The zero-order chi connectivity index (χ0) is 21.9. The van der Waals surface area contributed by atoms with Crippen LogP contribution in [0.15, 0.2) is 97.1 Å². The summed E-state index contributed by atoms with van der Waals surface area (Å²) in [5.41, 5.74) is 5.55. The van der Waals surface area contributed by atoms with Crippen LogP contribution in [0.1, 0.15) is 51.0 Å². The molecule has 0 aliphatic heterocycles. The first-order chi connectivity index (χ1) is 15.1. The number of Topliss-reactive ketones (excluding diaryl/α,β-unsaturated/α-hetero) is 1. The lowest BCUT2D eigenvalue weighted by atomic mass is 10.0. The van der Waals surface area contributed by atoms with Crippen molar-refractivity contribution in [3.63, 3.8) is 0 Å². The second-order valence-electron chi connectivity index (χ2n) is 8.14. The van der Waals surface area contributed by atoms with Crippen LogP contribution in [0.5, 0.6) is 0 Å². The Bertz CT molecular complexity index is 906. The number of rotatable bonds is 12. The zero-order valence-corrected chi connectivity index (χ0v) is 18.6. The Morgan fingerprint density at radius 1 is 0.677 bits per heavy atom. The molecule has 0 heterocycles. The summed E-state index contributed by atoms with van der Waals surface area (Å²) in [5.74, 6) is 0.208. The zero-order valence-electron chi connectivity index (χ0n) is 18.6. The van der Waals surface area contributed by atoms with E-state index in [1.54, 1.807) is 6.92 Å². The molecule has 0 spiro atoms. The largest absolute Gasteiger partial charge is 0.311 e. The summed E-state index contributed by atoms with van der Waals surface area (Å²) < 4.78 is 0. The molecule has 0 saturated heterocycles. The van der Waals surface area contributed by atoms with Crippen LogP contribution >= 0.6 is 0 Å². The first-order valence-electron chi connectivity index (χ1n) is 11.3. The third-order valence-electron chi connectivity index (χ3n) is 5.57. The number of anilines is 3. The van der Waals surface area contributed by atoms with E-state index in [9.17, 15) is 4.79 Å². The predicted molar refractivity (Wildman–Crippen MR) is 132 cm³/mol. The Labute approximate surface area is 187 Å². The van der Waals surface area contributed by atoms with Gasteiger partial charge in [-0.05, 0) is 73.7 Å². The number of unbranched alkanes of at least 4 members (excludes halogenated alkanes) is 4. The minimum absolute atomic E-state index is 0.208. The Kier molecular flexibility index (Phi) is 8.66. The highest BCUT2D eigenvalue weighted by Gasteiger charge is 2.11. The summed E-state index contributed by atoms with van der Waals surface area (Å²) in [6.07, 6.45) is 7.45. The van der Waals surface area contributed by atoms with Gasteiger partial charge in [-0.1, -0.05) is 74.4 Å². The maximum atomic E-state index is 11.6. The van der Waals surface area contributed by atoms with E-state index in [1.165, 1.54) is 30.5 Å². The number of aryl methyl sites for hydroxylation is 1. The standard InChI is InChI=1S/C29H33NO/c1-24(2)29(31)19-13-5-3-4-8-14-25-20-22-28(23-21-25)30(26-15-9-6-10-16-26)27-17-11-7-12-18-27/h6-7,9-12,15-18,20-23H,1,3-5,8,13-14,19H2,2H3. The lowest BCUT2D eigenvalue weighted by Crippen LogP contribution is -2.09. The third kappa shape index (κ3) is 6.96. The molecule has 0 bridgehead atoms. The number of carbonyl (C=O) groups is 1. The fourth-order valence-corrected chi connectivity index (χ4v) is 3.77. The summed E-state index contributed by atoms with van der Waals surface area (Å²) in [6.45, 7) is 5.51. The number of allylic oxidation sites excluding steroid dienone is 1. The van der Waals surface area contributed by atoms with Gasteiger partial charge in [0.15, 0.2) is 5.78 Å². The quantitative estimate of drug-likeness (QED) is 0.221. The van der Waals surface area contributed by atoms with E-state index in [4.69, 9.17) is 0 Å². The van der Waals surface area contributed by atoms with Crippen LogP contribution in [0.2, 0.25) is 0 Å². The first kappa shape index (κ1) is 22.6. The molecule has 0 aromatic heterocycles. The molecule has 0 aliphatic rings. The molecule has 0 unspecified atom stereocenters. The normalized spacial score (nSPS) is 10.6.